The zero-order valence-corrected chi connectivity index (χ0v) is 21.2. The number of hydrogen-bond donors (Lipinski definition) is 1. The highest BCUT2D eigenvalue weighted by Gasteiger charge is 2.49. The number of anilines is 1. The van der Waals surface area contributed by atoms with E-state index in [-0.39, 0.29) is 22.9 Å². The monoisotopic (exact) mass is 473 g/mol. The van der Waals surface area contributed by atoms with Gasteiger partial charge in [-0.2, -0.15) is 0 Å². The number of rotatable bonds is 8. The van der Waals surface area contributed by atoms with E-state index in [0.29, 0.717) is 28.2 Å². The van der Waals surface area contributed by atoms with Crippen molar-refractivity contribution in [3.05, 3.63) is 33.8 Å². The molecule has 1 N–H and O–H groups in total. The number of carbonyl (C=O) groups is 2. The summed E-state index contributed by atoms with van der Waals surface area (Å²) in [7, 11) is -1.70. The molecule has 2 amide bonds. The lowest BCUT2D eigenvalue weighted by molar-refractivity contribution is -0.114. The smallest absolute Gasteiger partial charge is 0.421 e. The summed E-state index contributed by atoms with van der Waals surface area (Å²) in [4.78, 5) is 27.1. The second-order valence-electron chi connectivity index (χ2n) is 7.98. The topological polar surface area (TPSA) is 70.5 Å². The van der Waals surface area contributed by atoms with Gasteiger partial charge in [-0.3, -0.25) is 10.2 Å². The van der Waals surface area contributed by atoms with Crippen LogP contribution < -0.4 is 4.90 Å². The molecule has 0 aliphatic heterocycles. The number of imide groups is 1. The third kappa shape index (κ3) is 5.65. The van der Waals surface area contributed by atoms with E-state index in [1.807, 2.05) is 0 Å². The van der Waals surface area contributed by atoms with Crippen LogP contribution in [0.2, 0.25) is 10.0 Å². The molecule has 1 rings (SSSR count). The fraction of sp³-hybridized carbons (Fsp3) is 0.545. The first-order valence-corrected chi connectivity index (χ1v) is 13.0. The molecule has 1 aromatic rings. The van der Waals surface area contributed by atoms with Gasteiger partial charge in [0, 0.05) is 7.26 Å². The molecule has 8 heteroatoms. The summed E-state index contributed by atoms with van der Waals surface area (Å²) in [6, 6.07) is 4.48. The minimum atomic E-state index is -1.70. The number of hydrogen-bond acceptors (Lipinski definition) is 4. The van der Waals surface area contributed by atoms with Gasteiger partial charge >= 0.3 is 6.09 Å². The number of benzene rings is 1. The van der Waals surface area contributed by atoms with E-state index in [4.69, 9.17) is 33.3 Å². The number of nitrogens with zero attached hydrogens (tertiary/aromatic N) is 1. The quantitative estimate of drug-likeness (QED) is 0.253. The van der Waals surface area contributed by atoms with Crippen LogP contribution in [0.3, 0.4) is 0 Å². The van der Waals surface area contributed by atoms with Gasteiger partial charge in [0.15, 0.2) is 0 Å². The average Bonchev–Trinajstić information content (AvgIpc) is 2.65. The standard InChI is InChI=1S/C22H32Cl2N2O3P/c1-8-29-22(28)26(18-9-10-19(23)20(24)11-18)21(27)17(12-25)13-30(14(2)3,15(4)5)16(6)7/h9-11,14-16,25H,8,13H2,1-7H3/q+1. The number of carbonyl (C=O) groups excluding carboxylic acids is 2. The second kappa shape index (κ2) is 11.3. The Labute approximate surface area is 190 Å². The average molecular weight is 474 g/mol. The van der Waals surface area contributed by atoms with Crippen LogP contribution in [0.25, 0.3) is 0 Å². The van der Waals surface area contributed by atoms with Crippen molar-refractivity contribution < 1.29 is 14.3 Å². The van der Waals surface area contributed by atoms with Gasteiger partial charge in [-0.15, -0.1) is 0 Å². The van der Waals surface area contributed by atoms with Gasteiger partial charge in [-0.1, -0.05) is 23.2 Å². The van der Waals surface area contributed by atoms with Gasteiger partial charge < -0.3 is 4.74 Å². The van der Waals surface area contributed by atoms with Crippen molar-refractivity contribution in [2.75, 3.05) is 17.7 Å². The molecule has 5 nitrogen and oxygen atoms in total. The first kappa shape index (κ1) is 26.7. The highest BCUT2D eigenvalue weighted by molar-refractivity contribution is 7.78. The maximum Gasteiger partial charge on any atom is 0.421 e. The summed E-state index contributed by atoms with van der Waals surface area (Å²) in [5.41, 5.74) is 1.47. The van der Waals surface area contributed by atoms with Crippen molar-refractivity contribution in [3.63, 3.8) is 0 Å². The normalized spacial score (nSPS) is 11.6. The summed E-state index contributed by atoms with van der Waals surface area (Å²) in [5.74, 6) is 1.71. The van der Waals surface area contributed by atoms with Crippen LogP contribution in [0.4, 0.5) is 10.5 Å². The molecular formula is C22H32Cl2N2O3P+. The molecule has 1 aromatic carbocycles. The van der Waals surface area contributed by atoms with E-state index >= 15 is 0 Å². The fourth-order valence-corrected chi connectivity index (χ4v) is 9.75. The molecule has 0 aliphatic carbocycles. The van der Waals surface area contributed by atoms with Gasteiger partial charge in [0.1, 0.15) is 5.57 Å². The highest BCUT2D eigenvalue weighted by atomic mass is 35.5. The molecule has 0 aromatic heterocycles. The van der Waals surface area contributed by atoms with E-state index in [9.17, 15) is 9.59 Å². The van der Waals surface area contributed by atoms with Gasteiger partial charge in [-0.05, 0) is 72.5 Å². The second-order valence-corrected chi connectivity index (χ2v) is 14.2. The molecule has 0 fully saturated rings. The Kier molecular flexibility index (Phi) is 10.0. The molecule has 0 atom stereocenters. The lowest BCUT2D eigenvalue weighted by Gasteiger charge is -2.38. The maximum absolute atomic E-state index is 13.5. The maximum atomic E-state index is 13.5. The van der Waals surface area contributed by atoms with Crippen molar-refractivity contribution in [2.24, 2.45) is 0 Å². The van der Waals surface area contributed by atoms with Crippen LogP contribution in [-0.2, 0) is 9.53 Å². The number of halogens is 2. The summed E-state index contributed by atoms with van der Waals surface area (Å²) >= 11 is 12.1. The van der Waals surface area contributed by atoms with Crippen molar-refractivity contribution in [2.45, 2.75) is 65.4 Å². The summed E-state index contributed by atoms with van der Waals surface area (Å²) < 4.78 is 5.11. The fourth-order valence-electron chi connectivity index (χ4n) is 4.02. The van der Waals surface area contributed by atoms with E-state index in [1.54, 1.807) is 6.92 Å². The Bertz CT molecular complexity index is 812. The first-order chi connectivity index (χ1) is 13.9. The Hall–Kier alpha value is -1.38. The first-order valence-electron chi connectivity index (χ1n) is 10.1. The minimum absolute atomic E-state index is 0.106. The van der Waals surface area contributed by atoms with Gasteiger partial charge in [0.05, 0.1) is 45.5 Å². The van der Waals surface area contributed by atoms with E-state index in [0.717, 1.165) is 4.90 Å². The van der Waals surface area contributed by atoms with Crippen LogP contribution >= 0.6 is 30.5 Å². The zero-order valence-electron chi connectivity index (χ0n) is 18.8. The van der Waals surface area contributed by atoms with Gasteiger partial charge in [0.2, 0.25) is 0 Å². The number of ether oxygens (including phenoxy) is 1. The van der Waals surface area contributed by atoms with E-state index < -0.39 is 19.3 Å². The lowest BCUT2D eigenvalue weighted by Crippen LogP contribution is -2.40. The SMILES string of the molecule is CCOC(=O)N(C(=O)C(=C=N)C[P+](C(C)C)(C(C)C)C(C)C)c1ccc(Cl)c(Cl)c1. The Morgan fingerprint density at radius 2 is 1.60 bits per heavy atom. The van der Waals surface area contributed by atoms with Crippen molar-refractivity contribution >= 4 is 54.0 Å². The molecular weight excluding hydrogens is 442 g/mol. The van der Waals surface area contributed by atoms with Crippen LogP contribution in [0.5, 0.6) is 0 Å². The molecule has 0 bridgehead atoms. The molecule has 0 saturated heterocycles. The minimum Gasteiger partial charge on any atom is -0.449 e. The van der Waals surface area contributed by atoms with Crippen molar-refractivity contribution in [1.29, 1.82) is 5.41 Å². The molecule has 0 unspecified atom stereocenters. The van der Waals surface area contributed by atoms with E-state index in [1.165, 1.54) is 18.2 Å². The third-order valence-corrected chi connectivity index (χ3v) is 12.9. The number of nitrogens with one attached hydrogen (secondary N) is 1. The van der Waals surface area contributed by atoms with Gasteiger partial charge in [0.25, 0.3) is 5.91 Å². The molecule has 166 valence electrons. The summed E-state index contributed by atoms with van der Waals surface area (Å²) in [6.07, 6.45) is -0.393. The van der Waals surface area contributed by atoms with Crippen LogP contribution in [-0.4, -0.2) is 47.6 Å². The Morgan fingerprint density at radius 3 is 2.00 bits per heavy atom. The molecule has 30 heavy (non-hydrogen) atoms. The highest BCUT2D eigenvalue weighted by Crippen LogP contribution is 2.70. The Morgan fingerprint density at radius 1 is 1.07 bits per heavy atom. The predicted molar refractivity (Wildman–Crippen MR) is 129 cm³/mol. The van der Waals surface area contributed by atoms with Crippen LogP contribution in [0.1, 0.15) is 48.5 Å². The molecule has 0 spiro atoms. The Balaban J connectivity index is 3.50. The zero-order chi connectivity index (χ0) is 23.2. The predicted octanol–water partition coefficient (Wildman–Crippen LogP) is 6.90. The van der Waals surface area contributed by atoms with Crippen LogP contribution in [0.15, 0.2) is 23.8 Å². The third-order valence-electron chi connectivity index (χ3n) is 5.54. The molecule has 0 aliphatic rings. The largest absolute Gasteiger partial charge is 0.449 e. The summed E-state index contributed by atoms with van der Waals surface area (Å²) in [6.45, 7) is 14.8. The van der Waals surface area contributed by atoms with Gasteiger partial charge in [-0.25, -0.2) is 9.69 Å². The van der Waals surface area contributed by atoms with Crippen molar-refractivity contribution in [1.82, 2.24) is 0 Å². The summed E-state index contributed by atoms with van der Waals surface area (Å²) in [5, 5.41) is 8.37. The molecule has 0 heterocycles. The van der Waals surface area contributed by atoms with Crippen LogP contribution in [0, 0.1) is 5.41 Å². The van der Waals surface area contributed by atoms with E-state index in [2.05, 4.69) is 47.4 Å². The molecule has 0 saturated carbocycles. The van der Waals surface area contributed by atoms with Crippen molar-refractivity contribution in [3.8, 4) is 0 Å². The molecule has 0 radical (unpaired) electrons. The number of amides is 2. The lowest BCUT2D eigenvalue weighted by atomic mass is 10.2.